The largest absolute Gasteiger partial charge is 0.368 e. The molecule has 0 aliphatic rings. The SMILES string of the molecule is Cc1cc(NCCNC(N)=O)nc(-c2ccccn2)n1. The molecule has 0 fully saturated rings. The van der Waals surface area contributed by atoms with Gasteiger partial charge in [-0.2, -0.15) is 0 Å². The molecule has 7 heteroatoms. The van der Waals surface area contributed by atoms with Crippen LogP contribution in [0.2, 0.25) is 0 Å². The molecule has 0 saturated heterocycles. The minimum atomic E-state index is -0.542. The molecule has 104 valence electrons. The number of primary amides is 1. The van der Waals surface area contributed by atoms with Gasteiger partial charge in [0.25, 0.3) is 0 Å². The molecule has 0 unspecified atom stereocenters. The second-order valence-electron chi connectivity index (χ2n) is 4.15. The Bertz CT molecular complexity index is 587. The summed E-state index contributed by atoms with van der Waals surface area (Å²) >= 11 is 0. The van der Waals surface area contributed by atoms with Crippen LogP contribution < -0.4 is 16.4 Å². The maximum atomic E-state index is 10.6. The standard InChI is InChI=1S/C13H16N6O/c1-9-8-11(16-6-7-17-13(14)20)19-12(18-9)10-4-2-3-5-15-10/h2-5,8H,6-7H2,1H3,(H3,14,17,20)(H,16,18,19). The van der Waals surface area contributed by atoms with Crippen molar-refractivity contribution in [3.8, 4) is 11.5 Å². The van der Waals surface area contributed by atoms with Gasteiger partial charge in [-0.25, -0.2) is 14.8 Å². The van der Waals surface area contributed by atoms with E-state index in [9.17, 15) is 4.79 Å². The Kier molecular flexibility index (Phi) is 4.43. The summed E-state index contributed by atoms with van der Waals surface area (Å²) in [5.74, 6) is 1.25. The van der Waals surface area contributed by atoms with Crippen LogP contribution in [0.1, 0.15) is 5.69 Å². The zero-order valence-electron chi connectivity index (χ0n) is 11.1. The summed E-state index contributed by atoms with van der Waals surface area (Å²) in [5, 5.41) is 5.60. The lowest BCUT2D eigenvalue weighted by atomic mass is 10.3. The number of carbonyl (C=O) groups is 1. The summed E-state index contributed by atoms with van der Waals surface area (Å²) in [4.78, 5) is 23.5. The molecule has 0 aliphatic heterocycles. The second kappa shape index (κ2) is 6.46. The van der Waals surface area contributed by atoms with Crippen molar-refractivity contribution in [1.82, 2.24) is 20.3 Å². The van der Waals surface area contributed by atoms with E-state index < -0.39 is 6.03 Å². The van der Waals surface area contributed by atoms with Crippen LogP contribution >= 0.6 is 0 Å². The van der Waals surface area contributed by atoms with Crippen LogP contribution in [0.15, 0.2) is 30.5 Å². The van der Waals surface area contributed by atoms with E-state index >= 15 is 0 Å². The van der Waals surface area contributed by atoms with E-state index in [1.807, 2.05) is 31.2 Å². The van der Waals surface area contributed by atoms with E-state index in [4.69, 9.17) is 5.73 Å². The van der Waals surface area contributed by atoms with Gasteiger partial charge in [-0.05, 0) is 19.1 Å². The number of amides is 2. The van der Waals surface area contributed by atoms with Crippen molar-refractivity contribution in [3.05, 3.63) is 36.2 Å². The number of nitrogens with two attached hydrogens (primary N) is 1. The van der Waals surface area contributed by atoms with Crippen molar-refractivity contribution in [2.75, 3.05) is 18.4 Å². The topological polar surface area (TPSA) is 106 Å². The third-order valence-electron chi connectivity index (χ3n) is 2.48. The summed E-state index contributed by atoms with van der Waals surface area (Å²) in [5.41, 5.74) is 6.54. The first-order valence-electron chi connectivity index (χ1n) is 6.19. The predicted octanol–water partition coefficient (Wildman–Crippen LogP) is 0.927. The first kappa shape index (κ1) is 13.7. The van der Waals surface area contributed by atoms with Crippen molar-refractivity contribution in [1.29, 1.82) is 0 Å². The highest BCUT2D eigenvalue weighted by Crippen LogP contribution is 2.14. The Balaban J connectivity index is 2.07. The van der Waals surface area contributed by atoms with Crippen LogP contribution in [-0.4, -0.2) is 34.1 Å². The normalized spacial score (nSPS) is 10.1. The molecule has 20 heavy (non-hydrogen) atoms. The Hall–Kier alpha value is -2.70. The molecule has 0 radical (unpaired) electrons. The third-order valence-corrected chi connectivity index (χ3v) is 2.48. The Labute approximate surface area is 116 Å². The summed E-state index contributed by atoms with van der Waals surface area (Å²) in [6.07, 6.45) is 1.70. The van der Waals surface area contributed by atoms with Gasteiger partial charge in [0.1, 0.15) is 11.5 Å². The molecule has 2 rings (SSSR count). The second-order valence-corrected chi connectivity index (χ2v) is 4.15. The number of aryl methyl sites for hydroxylation is 1. The molecule has 0 spiro atoms. The number of hydrogen-bond acceptors (Lipinski definition) is 5. The average Bonchev–Trinajstić information content (AvgIpc) is 2.44. The van der Waals surface area contributed by atoms with Gasteiger partial charge in [0, 0.05) is 31.0 Å². The minimum absolute atomic E-state index is 0.428. The van der Waals surface area contributed by atoms with Crippen LogP contribution in [-0.2, 0) is 0 Å². The maximum absolute atomic E-state index is 10.6. The molecule has 0 aliphatic carbocycles. The molecular formula is C13H16N6O. The molecule has 2 heterocycles. The first-order chi connectivity index (χ1) is 9.65. The number of nitrogens with one attached hydrogen (secondary N) is 2. The van der Waals surface area contributed by atoms with Crippen molar-refractivity contribution in [2.45, 2.75) is 6.92 Å². The van der Waals surface area contributed by atoms with E-state index in [2.05, 4.69) is 25.6 Å². The van der Waals surface area contributed by atoms with Crippen LogP contribution in [0.4, 0.5) is 10.6 Å². The smallest absolute Gasteiger partial charge is 0.312 e. The van der Waals surface area contributed by atoms with Gasteiger partial charge >= 0.3 is 6.03 Å². The molecule has 2 aromatic rings. The number of anilines is 1. The summed E-state index contributed by atoms with van der Waals surface area (Å²) in [7, 11) is 0. The first-order valence-corrected chi connectivity index (χ1v) is 6.19. The number of urea groups is 1. The van der Waals surface area contributed by atoms with Gasteiger partial charge in [-0.1, -0.05) is 6.07 Å². The number of aromatic nitrogens is 3. The van der Waals surface area contributed by atoms with E-state index in [-0.39, 0.29) is 0 Å². The highest BCUT2D eigenvalue weighted by molar-refractivity contribution is 5.71. The predicted molar refractivity (Wildman–Crippen MR) is 76.1 cm³/mol. The third kappa shape index (κ3) is 3.91. The fourth-order valence-electron chi connectivity index (χ4n) is 1.64. The number of nitrogens with zero attached hydrogens (tertiary/aromatic N) is 3. The van der Waals surface area contributed by atoms with Crippen LogP contribution in [0, 0.1) is 6.92 Å². The molecule has 0 saturated carbocycles. The molecule has 7 nitrogen and oxygen atoms in total. The lowest BCUT2D eigenvalue weighted by Crippen LogP contribution is -2.33. The molecule has 2 aromatic heterocycles. The van der Waals surface area contributed by atoms with Crippen LogP contribution in [0.5, 0.6) is 0 Å². The van der Waals surface area contributed by atoms with Crippen LogP contribution in [0.3, 0.4) is 0 Å². The minimum Gasteiger partial charge on any atom is -0.368 e. The lowest BCUT2D eigenvalue weighted by molar-refractivity contribution is 0.249. The zero-order chi connectivity index (χ0) is 14.4. The Morgan fingerprint density at radius 2 is 2.15 bits per heavy atom. The summed E-state index contributed by atoms with van der Waals surface area (Å²) in [6.45, 7) is 2.85. The van der Waals surface area contributed by atoms with Crippen molar-refractivity contribution in [3.63, 3.8) is 0 Å². The van der Waals surface area contributed by atoms with Gasteiger partial charge < -0.3 is 16.4 Å². The summed E-state index contributed by atoms with van der Waals surface area (Å²) in [6, 6.07) is 6.87. The van der Waals surface area contributed by atoms with Gasteiger partial charge in [0.05, 0.1) is 0 Å². The van der Waals surface area contributed by atoms with Crippen molar-refractivity contribution in [2.24, 2.45) is 5.73 Å². The Morgan fingerprint density at radius 1 is 1.30 bits per heavy atom. The molecule has 0 bridgehead atoms. The van der Waals surface area contributed by atoms with Gasteiger partial charge in [-0.15, -0.1) is 0 Å². The fraction of sp³-hybridized carbons (Fsp3) is 0.231. The lowest BCUT2D eigenvalue weighted by Gasteiger charge is -2.08. The highest BCUT2D eigenvalue weighted by Gasteiger charge is 2.05. The van der Waals surface area contributed by atoms with Crippen molar-refractivity contribution < 1.29 is 4.79 Å². The van der Waals surface area contributed by atoms with Gasteiger partial charge in [0.2, 0.25) is 0 Å². The highest BCUT2D eigenvalue weighted by atomic mass is 16.2. The monoisotopic (exact) mass is 272 g/mol. The molecule has 4 N–H and O–H groups in total. The van der Waals surface area contributed by atoms with E-state index in [1.165, 1.54) is 0 Å². The number of rotatable bonds is 5. The van der Waals surface area contributed by atoms with Gasteiger partial charge in [-0.3, -0.25) is 4.98 Å². The molecule has 0 atom stereocenters. The summed E-state index contributed by atoms with van der Waals surface area (Å²) < 4.78 is 0. The number of hydrogen-bond donors (Lipinski definition) is 3. The van der Waals surface area contributed by atoms with E-state index in [0.29, 0.717) is 24.7 Å². The zero-order valence-corrected chi connectivity index (χ0v) is 11.1. The molecule has 2 amide bonds. The molecule has 0 aromatic carbocycles. The quantitative estimate of drug-likeness (QED) is 0.702. The average molecular weight is 272 g/mol. The van der Waals surface area contributed by atoms with E-state index in [1.54, 1.807) is 6.20 Å². The maximum Gasteiger partial charge on any atom is 0.312 e. The van der Waals surface area contributed by atoms with Crippen LogP contribution in [0.25, 0.3) is 11.5 Å². The van der Waals surface area contributed by atoms with Gasteiger partial charge in [0.15, 0.2) is 5.82 Å². The molecular weight excluding hydrogens is 256 g/mol. The number of pyridine rings is 1. The Morgan fingerprint density at radius 3 is 2.85 bits per heavy atom. The van der Waals surface area contributed by atoms with E-state index in [0.717, 1.165) is 11.4 Å². The number of carbonyl (C=O) groups excluding carboxylic acids is 1. The fourth-order valence-corrected chi connectivity index (χ4v) is 1.64. The van der Waals surface area contributed by atoms with Crippen molar-refractivity contribution >= 4 is 11.8 Å².